The van der Waals surface area contributed by atoms with Gasteiger partial charge in [0.25, 0.3) is 0 Å². The van der Waals surface area contributed by atoms with E-state index in [4.69, 9.17) is 4.98 Å². The highest BCUT2D eigenvalue weighted by Crippen LogP contribution is 2.36. The summed E-state index contributed by atoms with van der Waals surface area (Å²) in [4.78, 5) is 6.83. The molecule has 0 amide bonds. The Hall–Kier alpha value is -2.88. The number of fused-ring (bicyclic) bond motifs is 1. The fourth-order valence-electron chi connectivity index (χ4n) is 4.91. The Morgan fingerprint density at radius 1 is 0.892 bits per heavy atom. The standard InChI is InChI=1S/C27H28F7N3/c1-2-37(16-17-5-3-4-6-17)25-20(11-19-7-8-23(28)13-24(19)36-25)15-35-14-18-9-21(26(29,30)31)12-22(10-18)27(32,33)34/h7-13,17,35H,2-6,14-16H2,1H3. The molecule has 0 atom stereocenters. The SMILES string of the molecule is CCN(CC1CCCC1)c1nc2cc(F)ccc2cc1CNCc1cc(C(F)(F)F)cc(C(F)(F)F)c1. The van der Waals surface area contributed by atoms with Gasteiger partial charge in [0.2, 0.25) is 0 Å². The highest BCUT2D eigenvalue weighted by molar-refractivity contribution is 5.82. The number of anilines is 1. The molecule has 0 spiro atoms. The molecule has 1 aliphatic carbocycles. The van der Waals surface area contributed by atoms with Crippen LogP contribution in [0.1, 0.15) is 54.9 Å². The molecule has 37 heavy (non-hydrogen) atoms. The van der Waals surface area contributed by atoms with Gasteiger partial charge < -0.3 is 10.2 Å². The molecular weight excluding hydrogens is 499 g/mol. The minimum atomic E-state index is -4.90. The van der Waals surface area contributed by atoms with Crippen molar-refractivity contribution in [2.24, 2.45) is 5.92 Å². The molecule has 1 N–H and O–H groups in total. The number of halogens is 7. The molecule has 0 aliphatic heterocycles. The van der Waals surface area contributed by atoms with Gasteiger partial charge in [0.1, 0.15) is 11.6 Å². The van der Waals surface area contributed by atoms with Crippen molar-refractivity contribution in [3.05, 3.63) is 70.5 Å². The summed E-state index contributed by atoms with van der Waals surface area (Å²) < 4.78 is 93.2. The van der Waals surface area contributed by atoms with Crippen LogP contribution in [0, 0.1) is 11.7 Å². The molecule has 1 heterocycles. The van der Waals surface area contributed by atoms with Crippen LogP contribution in [-0.4, -0.2) is 18.1 Å². The normalized spacial score (nSPS) is 15.0. The molecule has 2 aromatic carbocycles. The maximum atomic E-state index is 13.9. The number of rotatable bonds is 8. The first kappa shape index (κ1) is 27.2. The molecule has 3 nitrogen and oxygen atoms in total. The van der Waals surface area contributed by atoms with Gasteiger partial charge in [0.05, 0.1) is 16.6 Å². The van der Waals surface area contributed by atoms with Crippen molar-refractivity contribution in [3.63, 3.8) is 0 Å². The third-order valence-corrected chi connectivity index (χ3v) is 6.76. The number of hydrogen-bond donors (Lipinski definition) is 1. The molecule has 0 radical (unpaired) electrons. The van der Waals surface area contributed by atoms with E-state index in [9.17, 15) is 30.7 Å². The highest BCUT2D eigenvalue weighted by atomic mass is 19.4. The summed E-state index contributed by atoms with van der Waals surface area (Å²) in [5.74, 6) is 0.734. The maximum absolute atomic E-state index is 13.9. The highest BCUT2D eigenvalue weighted by Gasteiger charge is 2.36. The van der Waals surface area contributed by atoms with Crippen LogP contribution in [0.5, 0.6) is 0 Å². The molecule has 1 aromatic heterocycles. The van der Waals surface area contributed by atoms with Crippen LogP contribution in [0.25, 0.3) is 10.9 Å². The quantitative estimate of drug-likeness (QED) is 0.304. The van der Waals surface area contributed by atoms with E-state index in [-0.39, 0.29) is 24.7 Å². The van der Waals surface area contributed by atoms with Gasteiger partial charge in [-0.25, -0.2) is 9.37 Å². The summed E-state index contributed by atoms with van der Waals surface area (Å²) >= 11 is 0. The van der Waals surface area contributed by atoms with Crippen molar-refractivity contribution >= 4 is 16.7 Å². The Morgan fingerprint density at radius 2 is 1.54 bits per heavy atom. The Bertz CT molecular complexity index is 1200. The summed E-state index contributed by atoms with van der Waals surface area (Å²) in [5.41, 5.74) is -1.60. The van der Waals surface area contributed by atoms with Gasteiger partial charge in [0, 0.05) is 43.2 Å². The lowest BCUT2D eigenvalue weighted by Crippen LogP contribution is -2.31. The summed E-state index contributed by atoms with van der Waals surface area (Å²) in [7, 11) is 0. The van der Waals surface area contributed by atoms with Gasteiger partial charge in [-0.05, 0) is 67.6 Å². The van der Waals surface area contributed by atoms with Gasteiger partial charge in [-0.1, -0.05) is 12.8 Å². The predicted molar refractivity (Wildman–Crippen MR) is 129 cm³/mol. The smallest absolute Gasteiger partial charge is 0.356 e. The van der Waals surface area contributed by atoms with Crippen LogP contribution in [0.3, 0.4) is 0 Å². The van der Waals surface area contributed by atoms with Gasteiger partial charge in [-0.2, -0.15) is 26.3 Å². The van der Waals surface area contributed by atoms with Crippen LogP contribution in [-0.2, 0) is 25.4 Å². The number of alkyl halides is 6. The molecule has 1 saturated carbocycles. The summed E-state index contributed by atoms with van der Waals surface area (Å²) in [5, 5.41) is 3.68. The van der Waals surface area contributed by atoms with Gasteiger partial charge >= 0.3 is 12.4 Å². The Balaban J connectivity index is 1.61. The number of nitrogens with zero attached hydrogens (tertiary/aromatic N) is 2. The van der Waals surface area contributed by atoms with Crippen molar-refractivity contribution in [3.8, 4) is 0 Å². The zero-order chi connectivity index (χ0) is 26.8. The van der Waals surface area contributed by atoms with E-state index in [1.165, 1.54) is 25.0 Å². The predicted octanol–water partition coefficient (Wildman–Crippen LogP) is 7.72. The second-order valence-corrected chi connectivity index (χ2v) is 9.51. The van der Waals surface area contributed by atoms with Crippen LogP contribution in [0.15, 0.2) is 42.5 Å². The number of pyridine rings is 1. The van der Waals surface area contributed by atoms with Crippen LogP contribution in [0.4, 0.5) is 36.6 Å². The second kappa shape index (κ2) is 10.8. The summed E-state index contributed by atoms with van der Waals surface area (Å²) in [6.07, 6.45) is -5.23. The zero-order valence-electron chi connectivity index (χ0n) is 20.3. The molecule has 200 valence electrons. The summed E-state index contributed by atoms with van der Waals surface area (Å²) in [6, 6.07) is 7.68. The first-order chi connectivity index (χ1) is 17.4. The third-order valence-electron chi connectivity index (χ3n) is 6.76. The topological polar surface area (TPSA) is 28.2 Å². The average Bonchev–Trinajstić information content (AvgIpc) is 3.34. The monoisotopic (exact) mass is 527 g/mol. The number of nitrogens with one attached hydrogen (secondary N) is 1. The van der Waals surface area contributed by atoms with E-state index < -0.39 is 29.3 Å². The lowest BCUT2D eigenvalue weighted by Gasteiger charge is -2.28. The van der Waals surface area contributed by atoms with Crippen molar-refractivity contribution in [2.45, 2.75) is 58.0 Å². The Kier molecular flexibility index (Phi) is 7.96. The molecular formula is C27H28F7N3. The minimum absolute atomic E-state index is 0.121. The molecule has 10 heteroatoms. The molecule has 1 fully saturated rings. The van der Waals surface area contributed by atoms with Gasteiger partial charge in [-0.15, -0.1) is 0 Å². The van der Waals surface area contributed by atoms with Gasteiger partial charge in [-0.3, -0.25) is 0 Å². The first-order valence-electron chi connectivity index (χ1n) is 12.3. The Labute approximate surface area is 210 Å². The van der Waals surface area contributed by atoms with Crippen LogP contribution < -0.4 is 10.2 Å². The lowest BCUT2D eigenvalue weighted by atomic mass is 10.0. The minimum Gasteiger partial charge on any atom is -0.356 e. The van der Waals surface area contributed by atoms with Crippen LogP contribution >= 0.6 is 0 Å². The number of hydrogen-bond acceptors (Lipinski definition) is 3. The van der Waals surface area contributed by atoms with Crippen molar-refractivity contribution in [1.82, 2.24) is 10.3 Å². The van der Waals surface area contributed by atoms with E-state index in [2.05, 4.69) is 10.2 Å². The van der Waals surface area contributed by atoms with Crippen molar-refractivity contribution in [1.29, 1.82) is 0 Å². The number of benzene rings is 2. The van der Waals surface area contributed by atoms with Crippen molar-refractivity contribution in [2.75, 3.05) is 18.0 Å². The molecule has 0 bridgehead atoms. The van der Waals surface area contributed by atoms with E-state index in [1.54, 1.807) is 6.07 Å². The largest absolute Gasteiger partial charge is 0.416 e. The van der Waals surface area contributed by atoms with E-state index >= 15 is 0 Å². The van der Waals surface area contributed by atoms with E-state index in [0.29, 0.717) is 29.2 Å². The lowest BCUT2D eigenvalue weighted by molar-refractivity contribution is -0.143. The fraction of sp³-hybridized carbons (Fsp3) is 0.444. The molecule has 0 saturated heterocycles. The van der Waals surface area contributed by atoms with E-state index in [1.807, 2.05) is 13.0 Å². The fourth-order valence-corrected chi connectivity index (χ4v) is 4.91. The molecule has 4 rings (SSSR count). The van der Waals surface area contributed by atoms with Gasteiger partial charge in [0.15, 0.2) is 0 Å². The van der Waals surface area contributed by atoms with Crippen LogP contribution in [0.2, 0.25) is 0 Å². The van der Waals surface area contributed by atoms with E-state index in [0.717, 1.165) is 37.1 Å². The second-order valence-electron chi connectivity index (χ2n) is 9.51. The molecule has 0 unspecified atom stereocenters. The maximum Gasteiger partial charge on any atom is 0.416 e. The Morgan fingerprint density at radius 3 is 2.14 bits per heavy atom. The summed E-state index contributed by atoms with van der Waals surface area (Å²) in [6.45, 7) is 3.38. The first-order valence-corrected chi connectivity index (χ1v) is 12.3. The third kappa shape index (κ3) is 6.71. The average molecular weight is 528 g/mol. The zero-order valence-corrected chi connectivity index (χ0v) is 20.3. The van der Waals surface area contributed by atoms with Crippen molar-refractivity contribution < 1.29 is 30.7 Å². The number of aromatic nitrogens is 1. The molecule has 1 aliphatic rings. The molecule has 3 aromatic rings.